The largest absolute Gasteiger partial charge is 0.272 e. The predicted octanol–water partition coefficient (Wildman–Crippen LogP) is 4.09. The number of aromatic nitrogens is 2. The number of benzene rings is 1. The number of hydrogen-bond acceptors (Lipinski definition) is 1. The molecule has 3 heteroatoms. The highest BCUT2D eigenvalue weighted by Gasteiger charge is 2.14. The quantitative estimate of drug-likeness (QED) is 0.727. The van der Waals surface area contributed by atoms with Gasteiger partial charge in [-0.05, 0) is 49.3 Å². The molecule has 0 amide bonds. The normalized spacial score (nSPS) is 12.6. The monoisotopic (exact) mass is 334 g/mol. The molecule has 0 aliphatic heterocycles. The van der Waals surface area contributed by atoms with Crippen molar-refractivity contribution in [2.75, 3.05) is 5.33 Å². The van der Waals surface area contributed by atoms with Crippen LogP contribution < -0.4 is 0 Å². The molecule has 0 radical (unpaired) electrons. The Morgan fingerprint density at radius 2 is 2.00 bits per heavy atom. The summed E-state index contributed by atoms with van der Waals surface area (Å²) in [6, 6.07) is 10.9. The van der Waals surface area contributed by atoms with E-state index in [-0.39, 0.29) is 0 Å². The minimum Gasteiger partial charge on any atom is -0.272 e. The van der Waals surface area contributed by atoms with Crippen LogP contribution in [0.1, 0.15) is 29.4 Å². The van der Waals surface area contributed by atoms with E-state index in [1.165, 1.54) is 22.5 Å². The summed E-state index contributed by atoms with van der Waals surface area (Å²) >= 11 is 3.67. The highest BCUT2D eigenvalue weighted by atomic mass is 79.9. The van der Waals surface area contributed by atoms with E-state index in [2.05, 4.69) is 65.2 Å². The molecule has 0 saturated carbocycles. The lowest BCUT2D eigenvalue weighted by Crippen LogP contribution is -2.13. The van der Waals surface area contributed by atoms with E-state index in [4.69, 9.17) is 0 Å². The predicted molar refractivity (Wildman–Crippen MR) is 88.5 cm³/mol. The second-order valence-electron chi connectivity index (χ2n) is 5.46. The fourth-order valence-corrected chi connectivity index (χ4v) is 3.02. The second kappa shape index (κ2) is 7.07. The lowest BCUT2D eigenvalue weighted by atomic mass is 9.94. The van der Waals surface area contributed by atoms with Crippen LogP contribution in [0.2, 0.25) is 0 Å². The zero-order valence-corrected chi connectivity index (χ0v) is 14.2. The first kappa shape index (κ1) is 15.3. The third-order valence-corrected chi connectivity index (χ3v) is 4.79. The van der Waals surface area contributed by atoms with E-state index in [1.807, 2.05) is 11.7 Å². The van der Waals surface area contributed by atoms with Crippen LogP contribution in [-0.4, -0.2) is 15.1 Å². The van der Waals surface area contributed by atoms with Crippen LogP contribution in [0.25, 0.3) is 0 Å². The van der Waals surface area contributed by atoms with Gasteiger partial charge in [-0.25, -0.2) is 0 Å². The fraction of sp³-hybridized carbons (Fsp3) is 0.471. The van der Waals surface area contributed by atoms with Crippen molar-refractivity contribution >= 4 is 15.9 Å². The van der Waals surface area contributed by atoms with Crippen LogP contribution in [0, 0.1) is 12.8 Å². The van der Waals surface area contributed by atoms with E-state index in [9.17, 15) is 0 Å². The fourth-order valence-electron chi connectivity index (χ4n) is 2.56. The van der Waals surface area contributed by atoms with Crippen LogP contribution in [0.5, 0.6) is 0 Å². The van der Waals surface area contributed by atoms with Gasteiger partial charge in [0.2, 0.25) is 0 Å². The van der Waals surface area contributed by atoms with E-state index in [0.29, 0.717) is 5.92 Å². The number of alkyl halides is 1. The second-order valence-corrected chi connectivity index (χ2v) is 6.11. The van der Waals surface area contributed by atoms with Gasteiger partial charge in [0.15, 0.2) is 0 Å². The minimum absolute atomic E-state index is 0.608. The van der Waals surface area contributed by atoms with Crippen molar-refractivity contribution in [3.63, 3.8) is 0 Å². The van der Waals surface area contributed by atoms with Crippen LogP contribution in [0.4, 0.5) is 0 Å². The Kier molecular flexibility index (Phi) is 5.41. The highest BCUT2D eigenvalue weighted by Crippen LogP contribution is 2.19. The first-order valence-electron chi connectivity index (χ1n) is 7.26. The Labute approximate surface area is 130 Å². The molecule has 0 aliphatic carbocycles. The first-order chi connectivity index (χ1) is 9.63. The molecule has 1 atom stereocenters. The number of aryl methyl sites for hydroxylation is 3. The Balaban J connectivity index is 2.09. The molecule has 0 fully saturated rings. The Morgan fingerprint density at radius 3 is 2.60 bits per heavy atom. The molecule has 0 aliphatic rings. The maximum absolute atomic E-state index is 4.54. The summed E-state index contributed by atoms with van der Waals surface area (Å²) in [4.78, 5) is 0. The molecule has 2 rings (SSSR count). The van der Waals surface area contributed by atoms with Gasteiger partial charge in [0.25, 0.3) is 0 Å². The van der Waals surface area contributed by atoms with Gasteiger partial charge in [0, 0.05) is 18.1 Å². The molecule has 1 aromatic carbocycles. The maximum atomic E-state index is 4.54. The van der Waals surface area contributed by atoms with Crippen molar-refractivity contribution in [1.82, 2.24) is 9.78 Å². The minimum atomic E-state index is 0.608. The van der Waals surface area contributed by atoms with E-state index < -0.39 is 0 Å². The summed E-state index contributed by atoms with van der Waals surface area (Å²) in [6.45, 7) is 4.35. The lowest BCUT2D eigenvalue weighted by molar-refractivity contribution is 0.555. The van der Waals surface area contributed by atoms with E-state index in [1.54, 1.807) is 0 Å². The molecular weight excluding hydrogens is 312 g/mol. The zero-order chi connectivity index (χ0) is 14.5. The summed E-state index contributed by atoms with van der Waals surface area (Å²) in [6.07, 6.45) is 3.19. The molecule has 1 heterocycles. The number of nitrogens with zero attached hydrogens (tertiary/aromatic N) is 2. The summed E-state index contributed by atoms with van der Waals surface area (Å²) in [5.74, 6) is 0.608. The molecule has 0 saturated heterocycles. The third kappa shape index (κ3) is 3.72. The van der Waals surface area contributed by atoms with Crippen molar-refractivity contribution in [1.29, 1.82) is 0 Å². The van der Waals surface area contributed by atoms with Crippen molar-refractivity contribution in [2.45, 2.75) is 33.1 Å². The van der Waals surface area contributed by atoms with Gasteiger partial charge in [-0.2, -0.15) is 5.10 Å². The summed E-state index contributed by atoms with van der Waals surface area (Å²) in [5, 5.41) is 5.56. The highest BCUT2D eigenvalue weighted by molar-refractivity contribution is 9.09. The van der Waals surface area contributed by atoms with Gasteiger partial charge in [-0.3, -0.25) is 4.68 Å². The Bertz CT molecular complexity index is 560. The standard InChI is InChI=1S/C17H23BrN2/c1-4-16-11-17(20(3)19-16)10-14(12-18)9-15-8-6-5-7-13(15)2/h5-8,11,14H,4,9-10,12H2,1-3H3. The zero-order valence-electron chi connectivity index (χ0n) is 12.6. The molecule has 2 aromatic rings. The van der Waals surface area contributed by atoms with Gasteiger partial charge in [-0.1, -0.05) is 47.1 Å². The topological polar surface area (TPSA) is 17.8 Å². The molecule has 1 aromatic heterocycles. The van der Waals surface area contributed by atoms with E-state index >= 15 is 0 Å². The van der Waals surface area contributed by atoms with Gasteiger partial charge in [0.1, 0.15) is 0 Å². The van der Waals surface area contributed by atoms with Gasteiger partial charge in [-0.15, -0.1) is 0 Å². The van der Waals surface area contributed by atoms with Crippen molar-refractivity contribution in [3.05, 3.63) is 52.8 Å². The molecule has 0 spiro atoms. The summed E-state index contributed by atoms with van der Waals surface area (Å²) < 4.78 is 2.03. The molecule has 20 heavy (non-hydrogen) atoms. The van der Waals surface area contributed by atoms with Crippen LogP contribution in [-0.2, 0) is 26.3 Å². The van der Waals surface area contributed by atoms with Crippen molar-refractivity contribution in [3.8, 4) is 0 Å². The molecule has 0 bridgehead atoms. The van der Waals surface area contributed by atoms with Gasteiger partial charge < -0.3 is 0 Å². The average Bonchev–Trinajstić information content (AvgIpc) is 2.81. The lowest BCUT2D eigenvalue weighted by Gasteiger charge is -2.15. The van der Waals surface area contributed by atoms with Crippen molar-refractivity contribution in [2.24, 2.45) is 13.0 Å². The Hall–Kier alpha value is -1.09. The smallest absolute Gasteiger partial charge is 0.0624 e. The molecule has 108 valence electrons. The number of hydrogen-bond donors (Lipinski definition) is 0. The van der Waals surface area contributed by atoms with Crippen molar-refractivity contribution < 1.29 is 0 Å². The first-order valence-corrected chi connectivity index (χ1v) is 8.38. The molecular formula is C17H23BrN2. The number of rotatable bonds is 6. The molecule has 2 nitrogen and oxygen atoms in total. The third-order valence-electron chi connectivity index (χ3n) is 3.88. The summed E-state index contributed by atoms with van der Waals surface area (Å²) in [5.41, 5.74) is 5.36. The van der Waals surface area contributed by atoms with Crippen LogP contribution in [0.15, 0.2) is 30.3 Å². The molecule has 1 unspecified atom stereocenters. The van der Waals surface area contributed by atoms with Gasteiger partial charge >= 0.3 is 0 Å². The van der Waals surface area contributed by atoms with Gasteiger partial charge in [0.05, 0.1) is 5.69 Å². The molecule has 0 N–H and O–H groups in total. The number of halogens is 1. The van der Waals surface area contributed by atoms with Crippen LogP contribution >= 0.6 is 15.9 Å². The Morgan fingerprint density at radius 1 is 1.25 bits per heavy atom. The van der Waals surface area contributed by atoms with Crippen LogP contribution in [0.3, 0.4) is 0 Å². The average molecular weight is 335 g/mol. The maximum Gasteiger partial charge on any atom is 0.0624 e. The summed E-state index contributed by atoms with van der Waals surface area (Å²) in [7, 11) is 2.05. The SMILES string of the molecule is CCc1cc(CC(CBr)Cc2ccccc2C)n(C)n1. The van der Waals surface area contributed by atoms with E-state index in [0.717, 1.165) is 24.6 Å².